The van der Waals surface area contributed by atoms with Gasteiger partial charge in [0.05, 0.1) is 18.2 Å². The fourth-order valence-electron chi connectivity index (χ4n) is 3.32. The molecule has 0 aromatic rings. The molecule has 2 aliphatic rings. The quantitative estimate of drug-likeness (QED) is 0.694. The number of hydrogen-bond acceptors (Lipinski definition) is 4. The Morgan fingerprint density at radius 1 is 1.26 bits per heavy atom. The van der Waals surface area contributed by atoms with Gasteiger partial charge in [-0.15, -0.1) is 0 Å². The number of piperidine rings is 1. The number of nitrogens with zero attached hydrogens (tertiary/aromatic N) is 2. The Morgan fingerprint density at radius 2 is 1.87 bits per heavy atom. The van der Waals surface area contributed by atoms with Gasteiger partial charge >= 0.3 is 6.09 Å². The topological polar surface area (TPSA) is 59.1 Å². The number of hydrogen-bond donors (Lipinski definition) is 0. The average molecular weight is 324 g/mol. The monoisotopic (exact) mass is 324 g/mol. The van der Waals surface area contributed by atoms with Gasteiger partial charge in [0.1, 0.15) is 5.60 Å². The molecule has 1 atom stereocenters. The highest BCUT2D eigenvalue weighted by atomic mass is 16.6. The van der Waals surface area contributed by atoms with Gasteiger partial charge in [0.2, 0.25) is 5.91 Å². The molecule has 23 heavy (non-hydrogen) atoms. The van der Waals surface area contributed by atoms with Crippen LogP contribution in [0.1, 0.15) is 40.5 Å². The Balaban J connectivity index is 2.00. The van der Waals surface area contributed by atoms with Crippen molar-refractivity contribution < 1.29 is 19.1 Å². The lowest BCUT2D eigenvalue weighted by atomic mass is 9.82. The number of ether oxygens (including phenoxy) is 2. The summed E-state index contributed by atoms with van der Waals surface area (Å²) in [5.41, 5.74) is -0.872. The minimum Gasteiger partial charge on any atom is -0.444 e. The van der Waals surface area contributed by atoms with E-state index in [1.165, 1.54) is 6.08 Å². The molecular formula is C17H28N2O4. The Bertz CT molecular complexity index is 475. The van der Waals surface area contributed by atoms with Gasteiger partial charge in [-0.2, -0.15) is 0 Å². The van der Waals surface area contributed by atoms with Crippen molar-refractivity contribution in [3.05, 3.63) is 12.7 Å². The fraction of sp³-hybridized carbons (Fsp3) is 0.765. The highest BCUT2D eigenvalue weighted by Crippen LogP contribution is 2.35. The molecule has 0 aliphatic carbocycles. The summed E-state index contributed by atoms with van der Waals surface area (Å²) >= 11 is 0. The van der Waals surface area contributed by atoms with Crippen LogP contribution >= 0.6 is 0 Å². The number of carbonyl (C=O) groups excluding carboxylic acids is 2. The smallest absolute Gasteiger partial charge is 0.410 e. The second-order valence-corrected chi connectivity index (χ2v) is 7.29. The number of morpholine rings is 1. The molecule has 0 bridgehead atoms. The van der Waals surface area contributed by atoms with E-state index in [0.29, 0.717) is 39.1 Å². The van der Waals surface area contributed by atoms with Crippen LogP contribution in [0.4, 0.5) is 4.79 Å². The molecule has 2 saturated heterocycles. The van der Waals surface area contributed by atoms with Crippen molar-refractivity contribution in [3.8, 4) is 0 Å². The van der Waals surface area contributed by atoms with Crippen LogP contribution in [-0.2, 0) is 14.3 Å². The van der Waals surface area contributed by atoms with Crippen molar-refractivity contribution in [2.45, 2.75) is 57.8 Å². The molecule has 1 unspecified atom stereocenters. The van der Waals surface area contributed by atoms with Crippen LogP contribution in [0.5, 0.6) is 0 Å². The van der Waals surface area contributed by atoms with E-state index < -0.39 is 5.60 Å². The number of likely N-dealkylation sites (tertiary alicyclic amines) is 1. The lowest BCUT2D eigenvalue weighted by Gasteiger charge is -2.51. The van der Waals surface area contributed by atoms with E-state index in [9.17, 15) is 9.59 Å². The Hall–Kier alpha value is -1.56. The molecule has 130 valence electrons. The molecule has 2 rings (SSSR count). The third kappa shape index (κ3) is 3.86. The predicted molar refractivity (Wildman–Crippen MR) is 87.1 cm³/mol. The third-order valence-electron chi connectivity index (χ3n) is 4.67. The average Bonchev–Trinajstić information content (AvgIpc) is 2.48. The summed E-state index contributed by atoms with van der Waals surface area (Å²) < 4.78 is 11.5. The molecule has 2 aliphatic heterocycles. The van der Waals surface area contributed by atoms with Crippen molar-refractivity contribution in [1.29, 1.82) is 0 Å². The van der Waals surface area contributed by atoms with E-state index in [4.69, 9.17) is 9.47 Å². The first-order chi connectivity index (χ1) is 10.7. The minimum atomic E-state index is -0.492. The summed E-state index contributed by atoms with van der Waals surface area (Å²) in [6.07, 6.45) is 2.48. The first kappa shape index (κ1) is 17.8. The third-order valence-corrected chi connectivity index (χ3v) is 4.67. The van der Waals surface area contributed by atoms with E-state index >= 15 is 0 Å². The molecular weight excluding hydrogens is 296 g/mol. The van der Waals surface area contributed by atoms with Gasteiger partial charge < -0.3 is 19.3 Å². The van der Waals surface area contributed by atoms with Crippen LogP contribution < -0.4 is 0 Å². The van der Waals surface area contributed by atoms with Gasteiger partial charge in [0, 0.05) is 19.6 Å². The van der Waals surface area contributed by atoms with Gasteiger partial charge in [-0.25, -0.2) is 4.79 Å². The van der Waals surface area contributed by atoms with Gasteiger partial charge in [-0.3, -0.25) is 4.79 Å². The van der Waals surface area contributed by atoms with E-state index in [2.05, 4.69) is 6.58 Å². The summed E-state index contributed by atoms with van der Waals surface area (Å²) in [6, 6.07) is -0.0254. The fourth-order valence-corrected chi connectivity index (χ4v) is 3.32. The summed E-state index contributed by atoms with van der Waals surface area (Å²) in [6.45, 7) is 13.4. The SMILES string of the molecule is C=CC(=O)N1CCOC2(CCN(C(=O)OC(C)(C)C)CC2)C1C. The second-order valence-electron chi connectivity index (χ2n) is 7.29. The molecule has 6 nitrogen and oxygen atoms in total. The number of carbonyl (C=O) groups is 2. The van der Waals surface area contributed by atoms with Crippen LogP contribution in [-0.4, -0.2) is 65.3 Å². The standard InChI is InChI=1S/C17H28N2O4/c1-6-14(20)19-11-12-22-17(13(19)2)7-9-18(10-8-17)15(21)23-16(3,4)5/h6,13H,1,7-12H2,2-5H3. The molecule has 0 radical (unpaired) electrons. The zero-order valence-corrected chi connectivity index (χ0v) is 14.6. The van der Waals surface area contributed by atoms with E-state index in [0.717, 1.165) is 0 Å². The van der Waals surface area contributed by atoms with Crippen molar-refractivity contribution >= 4 is 12.0 Å². The predicted octanol–water partition coefficient (Wildman–Crippen LogP) is 2.19. The summed E-state index contributed by atoms with van der Waals surface area (Å²) in [5, 5.41) is 0. The van der Waals surface area contributed by atoms with Crippen molar-refractivity contribution in [2.75, 3.05) is 26.2 Å². The lowest BCUT2D eigenvalue weighted by molar-refractivity contribution is -0.174. The minimum absolute atomic E-state index is 0.0254. The second kappa shape index (κ2) is 6.51. The van der Waals surface area contributed by atoms with Crippen LogP contribution in [0.15, 0.2) is 12.7 Å². The molecule has 2 heterocycles. The summed E-state index contributed by atoms with van der Waals surface area (Å²) in [4.78, 5) is 27.7. The summed E-state index contributed by atoms with van der Waals surface area (Å²) in [7, 11) is 0. The Morgan fingerprint density at radius 3 is 2.39 bits per heavy atom. The van der Waals surface area contributed by atoms with Crippen LogP contribution in [0, 0.1) is 0 Å². The Kier molecular flexibility index (Phi) is 5.04. The van der Waals surface area contributed by atoms with Gasteiger partial charge in [-0.05, 0) is 46.6 Å². The molecule has 0 aromatic heterocycles. The maximum absolute atomic E-state index is 12.2. The van der Waals surface area contributed by atoms with Crippen molar-refractivity contribution in [3.63, 3.8) is 0 Å². The number of rotatable bonds is 1. The van der Waals surface area contributed by atoms with Crippen molar-refractivity contribution in [2.24, 2.45) is 0 Å². The molecule has 0 saturated carbocycles. The first-order valence-corrected chi connectivity index (χ1v) is 8.23. The highest BCUT2D eigenvalue weighted by Gasteiger charge is 2.47. The largest absolute Gasteiger partial charge is 0.444 e. The van der Waals surface area contributed by atoms with Crippen molar-refractivity contribution in [1.82, 2.24) is 9.80 Å². The van der Waals surface area contributed by atoms with E-state index in [1.54, 1.807) is 4.90 Å². The van der Waals surface area contributed by atoms with Gasteiger partial charge in [-0.1, -0.05) is 6.58 Å². The van der Waals surface area contributed by atoms with Crippen LogP contribution in [0.3, 0.4) is 0 Å². The zero-order valence-electron chi connectivity index (χ0n) is 14.6. The van der Waals surface area contributed by atoms with Gasteiger partial charge in [0.25, 0.3) is 0 Å². The molecule has 6 heteroatoms. The van der Waals surface area contributed by atoms with Gasteiger partial charge in [0.15, 0.2) is 0 Å². The summed E-state index contributed by atoms with van der Waals surface area (Å²) in [5.74, 6) is -0.0604. The maximum Gasteiger partial charge on any atom is 0.410 e. The first-order valence-electron chi connectivity index (χ1n) is 8.23. The van der Waals surface area contributed by atoms with E-state index in [1.807, 2.05) is 32.6 Å². The Labute approximate surface area is 138 Å². The lowest BCUT2D eigenvalue weighted by Crippen LogP contribution is -2.63. The zero-order chi connectivity index (χ0) is 17.3. The number of amides is 2. The molecule has 2 fully saturated rings. The molecule has 0 aromatic carbocycles. The highest BCUT2D eigenvalue weighted by molar-refractivity contribution is 5.87. The molecule has 2 amide bonds. The molecule has 1 spiro atoms. The van der Waals surface area contributed by atoms with E-state index in [-0.39, 0.29) is 23.6 Å². The van der Waals surface area contributed by atoms with Crippen LogP contribution in [0.25, 0.3) is 0 Å². The molecule has 0 N–H and O–H groups in total. The maximum atomic E-state index is 12.2. The van der Waals surface area contributed by atoms with Crippen LogP contribution in [0.2, 0.25) is 0 Å². The normalized spacial score (nSPS) is 24.4.